The van der Waals surface area contributed by atoms with Crippen molar-refractivity contribution in [1.82, 2.24) is 9.78 Å². The third-order valence-electron chi connectivity index (χ3n) is 2.76. The summed E-state index contributed by atoms with van der Waals surface area (Å²) in [6.45, 7) is 3.85. The van der Waals surface area contributed by atoms with Crippen LogP contribution in [0, 0.1) is 0 Å². The number of hydrogen-bond donors (Lipinski definition) is 0. The largest absolute Gasteiger partial charge is 0.378 e. The summed E-state index contributed by atoms with van der Waals surface area (Å²) >= 11 is 0. The van der Waals surface area contributed by atoms with Crippen molar-refractivity contribution in [3.63, 3.8) is 0 Å². The molecular weight excluding hydrogens is 204 g/mol. The summed E-state index contributed by atoms with van der Waals surface area (Å²) in [5, 5.41) is 4.07. The van der Waals surface area contributed by atoms with Gasteiger partial charge in [-0.05, 0) is 26.3 Å². The Morgan fingerprint density at radius 3 is 2.75 bits per heavy atom. The Labute approximate surface area is 96.6 Å². The van der Waals surface area contributed by atoms with Gasteiger partial charge in [-0.3, -0.25) is 9.48 Å². The van der Waals surface area contributed by atoms with Crippen LogP contribution >= 0.6 is 0 Å². The van der Waals surface area contributed by atoms with Crippen LogP contribution in [0.2, 0.25) is 0 Å². The van der Waals surface area contributed by atoms with E-state index in [4.69, 9.17) is 4.74 Å². The smallest absolute Gasteiger partial charge is 0.136 e. The van der Waals surface area contributed by atoms with Gasteiger partial charge in [0.15, 0.2) is 0 Å². The molecule has 0 saturated carbocycles. The van der Waals surface area contributed by atoms with E-state index in [0.29, 0.717) is 12.8 Å². The molecule has 1 aromatic heterocycles. The van der Waals surface area contributed by atoms with Crippen molar-refractivity contribution in [1.29, 1.82) is 0 Å². The van der Waals surface area contributed by atoms with Crippen LogP contribution in [0.3, 0.4) is 0 Å². The minimum absolute atomic E-state index is 0.230. The lowest BCUT2D eigenvalue weighted by Crippen LogP contribution is -2.26. The number of rotatable bonds is 6. The van der Waals surface area contributed by atoms with Gasteiger partial charge in [0.1, 0.15) is 5.78 Å². The average molecular weight is 224 g/mol. The third-order valence-corrected chi connectivity index (χ3v) is 2.76. The lowest BCUT2D eigenvalue weighted by atomic mass is 9.99. The maximum Gasteiger partial charge on any atom is 0.136 e. The van der Waals surface area contributed by atoms with Crippen LogP contribution in [-0.4, -0.2) is 28.3 Å². The highest BCUT2D eigenvalue weighted by Crippen LogP contribution is 2.15. The Kier molecular flexibility index (Phi) is 4.24. The number of carbonyl (C=O) groups excluding carboxylic acids is 1. The van der Waals surface area contributed by atoms with Crippen molar-refractivity contribution in [2.75, 3.05) is 7.11 Å². The van der Waals surface area contributed by atoms with Gasteiger partial charge < -0.3 is 4.74 Å². The quantitative estimate of drug-likeness (QED) is 0.739. The van der Waals surface area contributed by atoms with E-state index >= 15 is 0 Å². The number of hydrogen-bond acceptors (Lipinski definition) is 3. The summed E-state index contributed by atoms with van der Waals surface area (Å²) in [4.78, 5) is 11.7. The Morgan fingerprint density at radius 1 is 1.56 bits per heavy atom. The van der Waals surface area contributed by atoms with Crippen molar-refractivity contribution in [2.45, 2.75) is 38.7 Å². The number of ketones is 1. The van der Waals surface area contributed by atoms with E-state index in [-0.39, 0.29) is 11.4 Å². The van der Waals surface area contributed by atoms with E-state index in [0.717, 1.165) is 12.1 Å². The van der Waals surface area contributed by atoms with Crippen LogP contribution in [0.25, 0.3) is 0 Å². The molecule has 90 valence electrons. The van der Waals surface area contributed by atoms with E-state index in [2.05, 4.69) is 5.10 Å². The molecule has 0 spiro atoms. The average Bonchev–Trinajstić information content (AvgIpc) is 2.60. The van der Waals surface area contributed by atoms with Crippen LogP contribution in [0.4, 0.5) is 0 Å². The summed E-state index contributed by atoms with van der Waals surface area (Å²) < 4.78 is 7.03. The second-order valence-corrected chi connectivity index (χ2v) is 4.63. The van der Waals surface area contributed by atoms with Crippen molar-refractivity contribution in [2.24, 2.45) is 7.05 Å². The zero-order valence-corrected chi connectivity index (χ0v) is 10.5. The molecule has 0 unspecified atom stereocenters. The Bertz CT molecular complexity index is 356. The number of carbonyl (C=O) groups is 1. The van der Waals surface area contributed by atoms with Gasteiger partial charge in [-0.1, -0.05) is 0 Å². The molecule has 0 aliphatic rings. The number of ether oxygens (including phenoxy) is 1. The van der Waals surface area contributed by atoms with Crippen LogP contribution in [-0.2, 0) is 23.0 Å². The standard InChI is InChI=1S/C12H20N2O2/c1-12(2,16-4)9-11(15)6-5-10-7-8-13-14(10)3/h7-8H,5-6,9H2,1-4H3. The van der Waals surface area contributed by atoms with Crippen LogP contribution in [0.5, 0.6) is 0 Å². The first-order valence-corrected chi connectivity index (χ1v) is 5.48. The molecule has 0 atom stereocenters. The first kappa shape index (κ1) is 12.9. The lowest BCUT2D eigenvalue weighted by Gasteiger charge is -2.21. The molecule has 1 heterocycles. The van der Waals surface area contributed by atoms with Gasteiger partial charge in [-0.2, -0.15) is 5.10 Å². The molecule has 1 rings (SSSR count). The van der Waals surface area contributed by atoms with Crippen molar-refractivity contribution >= 4 is 5.78 Å². The maximum absolute atomic E-state index is 11.7. The maximum atomic E-state index is 11.7. The summed E-state index contributed by atoms with van der Waals surface area (Å²) in [5.41, 5.74) is 0.729. The highest BCUT2D eigenvalue weighted by molar-refractivity contribution is 5.79. The van der Waals surface area contributed by atoms with Gasteiger partial charge in [0.25, 0.3) is 0 Å². The van der Waals surface area contributed by atoms with Gasteiger partial charge in [0, 0.05) is 38.9 Å². The van der Waals surface area contributed by atoms with Gasteiger partial charge in [0.05, 0.1) is 5.60 Å². The Morgan fingerprint density at radius 2 is 2.25 bits per heavy atom. The van der Waals surface area contributed by atoms with E-state index in [9.17, 15) is 4.79 Å². The summed E-state index contributed by atoms with van der Waals surface area (Å²) in [5.74, 6) is 0.230. The predicted molar refractivity (Wildman–Crippen MR) is 62.2 cm³/mol. The fourth-order valence-electron chi connectivity index (χ4n) is 1.55. The Hall–Kier alpha value is -1.16. The normalized spacial score (nSPS) is 11.8. The fraction of sp³-hybridized carbons (Fsp3) is 0.667. The molecule has 0 aliphatic heterocycles. The van der Waals surface area contributed by atoms with Crippen LogP contribution < -0.4 is 0 Å². The first-order valence-electron chi connectivity index (χ1n) is 5.48. The number of nitrogens with zero attached hydrogens (tertiary/aromatic N) is 2. The molecule has 4 heteroatoms. The molecule has 0 N–H and O–H groups in total. The molecule has 1 aromatic rings. The van der Waals surface area contributed by atoms with E-state index in [1.54, 1.807) is 18.0 Å². The second kappa shape index (κ2) is 5.25. The van der Waals surface area contributed by atoms with Crippen LogP contribution in [0.15, 0.2) is 12.3 Å². The van der Waals surface area contributed by atoms with E-state index in [1.165, 1.54) is 0 Å². The number of aromatic nitrogens is 2. The topological polar surface area (TPSA) is 44.1 Å². The molecule has 0 aliphatic carbocycles. The molecule has 0 radical (unpaired) electrons. The van der Waals surface area contributed by atoms with Gasteiger partial charge >= 0.3 is 0 Å². The minimum atomic E-state index is -0.358. The monoisotopic (exact) mass is 224 g/mol. The zero-order chi connectivity index (χ0) is 12.2. The summed E-state index contributed by atoms with van der Waals surface area (Å²) in [7, 11) is 3.52. The first-order chi connectivity index (χ1) is 7.44. The number of Topliss-reactive ketones (excluding diaryl/α,β-unsaturated/α-hetero) is 1. The highest BCUT2D eigenvalue weighted by atomic mass is 16.5. The molecule has 0 saturated heterocycles. The van der Waals surface area contributed by atoms with Crippen molar-refractivity contribution < 1.29 is 9.53 Å². The summed E-state index contributed by atoms with van der Waals surface area (Å²) in [6, 6.07) is 1.94. The molecule has 4 nitrogen and oxygen atoms in total. The van der Waals surface area contributed by atoms with Gasteiger partial charge in [0.2, 0.25) is 0 Å². The summed E-state index contributed by atoms with van der Waals surface area (Å²) in [6.07, 6.45) is 3.50. The zero-order valence-electron chi connectivity index (χ0n) is 10.5. The molecule has 16 heavy (non-hydrogen) atoms. The minimum Gasteiger partial charge on any atom is -0.378 e. The van der Waals surface area contributed by atoms with Crippen molar-refractivity contribution in [3.05, 3.63) is 18.0 Å². The highest BCUT2D eigenvalue weighted by Gasteiger charge is 2.20. The van der Waals surface area contributed by atoms with E-state index < -0.39 is 0 Å². The molecule has 0 aromatic carbocycles. The fourth-order valence-corrected chi connectivity index (χ4v) is 1.55. The number of aryl methyl sites for hydroxylation is 2. The molecule has 0 amide bonds. The number of methoxy groups -OCH3 is 1. The van der Waals surface area contributed by atoms with Gasteiger partial charge in [-0.25, -0.2) is 0 Å². The van der Waals surface area contributed by atoms with Gasteiger partial charge in [-0.15, -0.1) is 0 Å². The SMILES string of the molecule is COC(C)(C)CC(=O)CCc1ccnn1C. The lowest BCUT2D eigenvalue weighted by molar-refractivity contribution is -0.124. The molecule has 0 bridgehead atoms. The molecule has 0 fully saturated rings. The third kappa shape index (κ3) is 3.77. The predicted octanol–water partition coefficient (Wildman–Crippen LogP) is 1.74. The van der Waals surface area contributed by atoms with Crippen molar-refractivity contribution in [3.8, 4) is 0 Å². The van der Waals surface area contributed by atoms with E-state index in [1.807, 2.05) is 27.0 Å². The Balaban J connectivity index is 2.39. The molecular formula is C12H20N2O2. The second-order valence-electron chi connectivity index (χ2n) is 4.63. The van der Waals surface area contributed by atoms with Crippen LogP contribution in [0.1, 0.15) is 32.4 Å².